The van der Waals surface area contributed by atoms with Gasteiger partial charge in [-0.3, -0.25) is 0 Å². The van der Waals surface area contributed by atoms with Crippen molar-refractivity contribution in [2.75, 3.05) is 0 Å². The van der Waals surface area contributed by atoms with Gasteiger partial charge in [0.05, 0.1) is 11.6 Å². The van der Waals surface area contributed by atoms with Crippen molar-refractivity contribution in [3.8, 4) is 6.07 Å². The van der Waals surface area contributed by atoms with Crippen molar-refractivity contribution in [3.63, 3.8) is 0 Å². The van der Waals surface area contributed by atoms with E-state index < -0.39 is 0 Å². The fourth-order valence-corrected chi connectivity index (χ4v) is 2.34. The highest BCUT2D eigenvalue weighted by molar-refractivity contribution is 6.31. The van der Waals surface area contributed by atoms with Crippen molar-refractivity contribution in [1.82, 2.24) is 5.32 Å². The zero-order chi connectivity index (χ0) is 15.2. The van der Waals surface area contributed by atoms with Crippen LogP contribution in [0.5, 0.6) is 0 Å². The molecule has 0 aliphatic rings. The van der Waals surface area contributed by atoms with Crippen LogP contribution in [0.15, 0.2) is 42.5 Å². The summed E-state index contributed by atoms with van der Waals surface area (Å²) in [5.74, 6) is -0.219. The van der Waals surface area contributed by atoms with E-state index in [1.807, 2.05) is 6.07 Å². The van der Waals surface area contributed by atoms with Crippen molar-refractivity contribution >= 4 is 11.6 Å². The summed E-state index contributed by atoms with van der Waals surface area (Å²) in [4.78, 5) is 0. The normalized spacial score (nSPS) is 11.9. The quantitative estimate of drug-likeness (QED) is 0.903. The average Bonchev–Trinajstić information content (AvgIpc) is 2.48. The van der Waals surface area contributed by atoms with Crippen LogP contribution in [0.2, 0.25) is 5.02 Å². The van der Waals surface area contributed by atoms with Gasteiger partial charge in [-0.2, -0.15) is 5.26 Å². The second kappa shape index (κ2) is 7.21. The molecule has 0 aromatic heterocycles. The monoisotopic (exact) mass is 302 g/mol. The predicted molar refractivity (Wildman–Crippen MR) is 82.6 cm³/mol. The molecule has 0 amide bonds. The fourth-order valence-electron chi connectivity index (χ4n) is 2.09. The summed E-state index contributed by atoms with van der Waals surface area (Å²) in [6.07, 6.45) is 0.814. The first-order chi connectivity index (χ1) is 10.1. The maximum atomic E-state index is 12.8. The van der Waals surface area contributed by atoms with Crippen LogP contribution in [0.3, 0.4) is 0 Å². The standard InChI is InChI=1S/C17H16ClFN2/c1-12(8-13-3-6-16(19)7-4-13)21-11-15-5-2-14(10-20)9-17(15)18/h2-7,9,12,21H,8,11H2,1H3. The summed E-state index contributed by atoms with van der Waals surface area (Å²) in [6, 6.07) is 14.1. The Morgan fingerprint density at radius 2 is 1.95 bits per heavy atom. The molecule has 108 valence electrons. The summed E-state index contributed by atoms with van der Waals surface area (Å²) in [5, 5.41) is 12.8. The molecule has 21 heavy (non-hydrogen) atoms. The minimum atomic E-state index is -0.219. The number of nitrogens with zero attached hydrogens (tertiary/aromatic N) is 1. The van der Waals surface area contributed by atoms with Gasteiger partial charge in [0.15, 0.2) is 0 Å². The van der Waals surface area contributed by atoms with Gasteiger partial charge < -0.3 is 5.32 Å². The van der Waals surface area contributed by atoms with E-state index in [2.05, 4.69) is 18.3 Å². The Bertz CT molecular complexity index is 647. The van der Waals surface area contributed by atoms with Crippen LogP contribution in [0.25, 0.3) is 0 Å². The molecule has 1 unspecified atom stereocenters. The van der Waals surface area contributed by atoms with Crippen LogP contribution in [0, 0.1) is 17.1 Å². The van der Waals surface area contributed by atoms with Crippen molar-refractivity contribution in [1.29, 1.82) is 5.26 Å². The van der Waals surface area contributed by atoms with Gasteiger partial charge in [0.2, 0.25) is 0 Å². The topological polar surface area (TPSA) is 35.8 Å². The van der Waals surface area contributed by atoms with Gasteiger partial charge in [0.1, 0.15) is 5.82 Å². The van der Waals surface area contributed by atoms with E-state index in [1.54, 1.807) is 24.3 Å². The van der Waals surface area contributed by atoms with Crippen molar-refractivity contribution in [2.24, 2.45) is 0 Å². The molecule has 0 radical (unpaired) electrons. The molecule has 2 aromatic rings. The van der Waals surface area contributed by atoms with Crippen LogP contribution in [-0.2, 0) is 13.0 Å². The fraction of sp³-hybridized carbons (Fsp3) is 0.235. The van der Waals surface area contributed by atoms with E-state index >= 15 is 0 Å². The second-order valence-corrected chi connectivity index (χ2v) is 5.44. The summed E-state index contributed by atoms with van der Waals surface area (Å²) in [7, 11) is 0. The number of benzene rings is 2. The zero-order valence-corrected chi connectivity index (χ0v) is 12.5. The highest BCUT2D eigenvalue weighted by Crippen LogP contribution is 2.17. The minimum Gasteiger partial charge on any atom is -0.310 e. The van der Waals surface area contributed by atoms with E-state index in [0.29, 0.717) is 17.1 Å². The number of rotatable bonds is 5. The predicted octanol–water partition coefficient (Wildman–Crippen LogP) is 4.07. The van der Waals surface area contributed by atoms with Crippen LogP contribution in [-0.4, -0.2) is 6.04 Å². The number of nitrogens with one attached hydrogen (secondary N) is 1. The third-order valence-corrected chi connectivity index (χ3v) is 3.63. The summed E-state index contributed by atoms with van der Waals surface area (Å²) < 4.78 is 12.8. The molecule has 0 saturated carbocycles. The van der Waals surface area contributed by atoms with Crippen molar-refractivity contribution in [3.05, 3.63) is 70.0 Å². The molecule has 0 bridgehead atoms. The Labute approximate surface area is 129 Å². The maximum Gasteiger partial charge on any atom is 0.123 e. The van der Waals surface area contributed by atoms with E-state index in [0.717, 1.165) is 17.5 Å². The summed E-state index contributed by atoms with van der Waals surface area (Å²) in [5.41, 5.74) is 2.60. The van der Waals surface area contributed by atoms with Crippen LogP contribution in [0.4, 0.5) is 4.39 Å². The van der Waals surface area contributed by atoms with Gasteiger partial charge in [0, 0.05) is 17.6 Å². The van der Waals surface area contributed by atoms with Gasteiger partial charge in [-0.1, -0.05) is 29.8 Å². The molecule has 2 aromatic carbocycles. The lowest BCUT2D eigenvalue weighted by molar-refractivity contribution is 0.544. The number of nitriles is 1. The highest BCUT2D eigenvalue weighted by atomic mass is 35.5. The zero-order valence-electron chi connectivity index (χ0n) is 11.7. The number of hydrogen-bond acceptors (Lipinski definition) is 2. The van der Waals surface area contributed by atoms with E-state index in [-0.39, 0.29) is 11.9 Å². The molecule has 0 fully saturated rings. The SMILES string of the molecule is CC(Cc1ccc(F)cc1)NCc1ccc(C#N)cc1Cl. The Morgan fingerprint density at radius 1 is 1.24 bits per heavy atom. The van der Waals surface area contributed by atoms with Gasteiger partial charge in [-0.15, -0.1) is 0 Å². The molecular formula is C17H16ClFN2. The molecule has 0 spiro atoms. The highest BCUT2D eigenvalue weighted by Gasteiger charge is 2.06. The molecule has 2 rings (SSSR count). The van der Waals surface area contributed by atoms with Crippen LogP contribution < -0.4 is 5.32 Å². The van der Waals surface area contributed by atoms with E-state index in [9.17, 15) is 4.39 Å². The van der Waals surface area contributed by atoms with Gasteiger partial charge in [-0.05, 0) is 48.7 Å². The Morgan fingerprint density at radius 3 is 2.57 bits per heavy atom. The average molecular weight is 303 g/mol. The van der Waals surface area contributed by atoms with E-state index in [1.165, 1.54) is 12.1 Å². The van der Waals surface area contributed by atoms with Crippen LogP contribution in [0.1, 0.15) is 23.6 Å². The van der Waals surface area contributed by atoms with Crippen molar-refractivity contribution < 1.29 is 4.39 Å². The Balaban J connectivity index is 1.90. The van der Waals surface area contributed by atoms with Gasteiger partial charge >= 0.3 is 0 Å². The molecule has 0 saturated heterocycles. The lowest BCUT2D eigenvalue weighted by Crippen LogP contribution is -2.27. The van der Waals surface area contributed by atoms with Crippen LogP contribution >= 0.6 is 11.6 Å². The maximum absolute atomic E-state index is 12.8. The lowest BCUT2D eigenvalue weighted by atomic mass is 10.1. The molecule has 0 heterocycles. The molecule has 1 N–H and O–H groups in total. The van der Waals surface area contributed by atoms with Gasteiger partial charge in [0.25, 0.3) is 0 Å². The minimum absolute atomic E-state index is 0.219. The molecule has 0 aliphatic carbocycles. The van der Waals surface area contributed by atoms with Crippen molar-refractivity contribution in [2.45, 2.75) is 25.9 Å². The number of halogens is 2. The summed E-state index contributed by atoms with van der Waals surface area (Å²) in [6.45, 7) is 2.70. The molecular weight excluding hydrogens is 287 g/mol. The first-order valence-electron chi connectivity index (χ1n) is 6.75. The largest absolute Gasteiger partial charge is 0.310 e. The third-order valence-electron chi connectivity index (χ3n) is 3.28. The second-order valence-electron chi connectivity index (χ2n) is 5.03. The first kappa shape index (κ1) is 15.5. The van der Waals surface area contributed by atoms with Gasteiger partial charge in [-0.25, -0.2) is 4.39 Å². The molecule has 0 aliphatic heterocycles. The number of hydrogen-bond donors (Lipinski definition) is 1. The third kappa shape index (κ3) is 4.56. The van der Waals surface area contributed by atoms with E-state index in [4.69, 9.17) is 16.9 Å². The molecule has 1 atom stereocenters. The molecule has 2 nitrogen and oxygen atoms in total. The molecule has 4 heteroatoms. The first-order valence-corrected chi connectivity index (χ1v) is 7.12. The Hall–Kier alpha value is -1.89. The lowest BCUT2D eigenvalue weighted by Gasteiger charge is -2.14. The Kier molecular flexibility index (Phi) is 5.32. The smallest absolute Gasteiger partial charge is 0.123 e. The summed E-state index contributed by atoms with van der Waals surface area (Å²) >= 11 is 6.14.